The lowest BCUT2D eigenvalue weighted by atomic mass is 10.1. The van der Waals surface area contributed by atoms with E-state index in [2.05, 4.69) is 26.3 Å². The minimum absolute atomic E-state index is 0. The molecule has 2 aromatic heterocycles. The summed E-state index contributed by atoms with van der Waals surface area (Å²) in [6.45, 7) is 5.19. The fraction of sp³-hybridized carbons (Fsp3) is 0.345. The summed E-state index contributed by atoms with van der Waals surface area (Å²) in [5.74, 6) is 0.799. The molecular formula is C29H35ClN8O3S. The van der Waals surface area contributed by atoms with Crippen LogP contribution < -0.4 is 21.3 Å². The van der Waals surface area contributed by atoms with Gasteiger partial charge in [0.2, 0.25) is 5.95 Å². The number of amides is 2. The molecule has 2 aromatic carbocycles. The van der Waals surface area contributed by atoms with Gasteiger partial charge in [-0.3, -0.25) is 0 Å². The second-order valence-electron chi connectivity index (χ2n) is 10.6. The minimum atomic E-state index is -3.90. The van der Waals surface area contributed by atoms with E-state index in [9.17, 15) is 13.2 Å². The van der Waals surface area contributed by atoms with Crippen molar-refractivity contribution in [2.75, 3.05) is 42.1 Å². The van der Waals surface area contributed by atoms with Crippen LogP contribution in [-0.2, 0) is 10.0 Å². The monoisotopic (exact) mass is 610 g/mol. The van der Waals surface area contributed by atoms with Gasteiger partial charge in [-0.1, -0.05) is 23.8 Å². The van der Waals surface area contributed by atoms with Crippen LogP contribution in [0.15, 0.2) is 65.7 Å². The molecule has 2 amide bonds. The average Bonchev–Trinajstić information content (AvgIpc) is 3.66. The lowest BCUT2D eigenvalue weighted by molar-refractivity contribution is 0.222. The summed E-state index contributed by atoms with van der Waals surface area (Å²) in [5.41, 5.74) is 2.55. The van der Waals surface area contributed by atoms with Crippen LogP contribution in [0.2, 0.25) is 0 Å². The molecule has 4 N–H and O–H groups in total. The molecule has 2 aliphatic rings. The molecule has 42 heavy (non-hydrogen) atoms. The van der Waals surface area contributed by atoms with E-state index in [0.717, 1.165) is 57.4 Å². The van der Waals surface area contributed by atoms with E-state index in [1.54, 1.807) is 35.2 Å². The topological polar surface area (TPSA) is 133 Å². The van der Waals surface area contributed by atoms with Gasteiger partial charge in [0.25, 0.3) is 10.0 Å². The summed E-state index contributed by atoms with van der Waals surface area (Å²) < 4.78 is 28.5. The Labute approximate surface area is 251 Å². The summed E-state index contributed by atoms with van der Waals surface area (Å²) in [5, 5.41) is 13.7. The van der Waals surface area contributed by atoms with Crippen LogP contribution in [0.5, 0.6) is 0 Å². The highest BCUT2D eigenvalue weighted by molar-refractivity contribution is 7.90. The third-order valence-corrected chi connectivity index (χ3v) is 9.17. The van der Waals surface area contributed by atoms with Crippen molar-refractivity contribution >= 4 is 62.6 Å². The summed E-state index contributed by atoms with van der Waals surface area (Å²) in [6, 6.07) is 15.8. The van der Waals surface area contributed by atoms with Gasteiger partial charge in [-0.05, 0) is 75.5 Å². The molecule has 4 heterocycles. The van der Waals surface area contributed by atoms with Gasteiger partial charge in [0.1, 0.15) is 5.82 Å². The van der Waals surface area contributed by atoms with Crippen LogP contribution in [0.25, 0.3) is 11.0 Å². The molecule has 0 aliphatic carbocycles. The lowest BCUT2D eigenvalue weighted by Gasteiger charge is -2.24. The second-order valence-corrected chi connectivity index (χ2v) is 12.4. The number of aryl methyl sites for hydroxylation is 1. The standard InChI is InChI=1S/C29H34N8O3S.ClH/c1-20-9-11-24(12-10-20)41(39,40)37-17-13-25-26(31-23-8-5-14-30-19-23)34-28(35-27(25)37)32-21-6-4-7-22(18-21)33-29(38)36-15-2-3-16-36;/h4,6-7,9-13,17-18,23,30H,2-3,5,8,14-16,19H2,1H3,(H,33,38)(H2,31,32,34,35);1H/t23-;/m1./s1. The average molecular weight is 611 g/mol. The fourth-order valence-electron chi connectivity index (χ4n) is 5.27. The first-order valence-electron chi connectivity index (χ1n) is 14.0. The molecular weight excluding hydrogens is 576 g/mol. The Morgan fingerprint density at radius 3 is 2.50 bits per heavy atom. The van der Waals surface area contributed by atoms with Crippen molar-refractivity contribution in [2.24, 2.45) is 0 Å². The quantitative estimate of drug-likeness (QED) is 0.231. The Morgan fingerprint density at radius 1 is 1.00 bits per heavy atom. The number of benzene rings is 2. The Kier molecular flexibility index (Phi) is 8.85. The zero-order valence-electron chi connectivity index (χ0n) is 23.3. The molecule has 0 radical (unpaired) electrons. The van der Waals surface area contributed by atoms with Crippen LogP contribution in [0.1, 0.15) is 31.2 Å². The van der Waals surface area contributed by atoms with E-state index in [1.165, 1.54) is 10.2 Å². The molecule has 222 valence electrons. The van der Waals surface area contributed by atoms with Crippen molar-refractivity contribution < 1.29 is 13.2 Å². The Morgan fingerprint density at radius 2 is 1.76 bits per heavy atom. The van der Waals surface area contributed by atoms with E-state index in [-0.39, 0.29) is 41.0 Å². The Bertz CT molecular complexity index is 1660. The van der Waals surface area contributed by atoms with Crippen molar-refractivity contribution in [1.29, 1.82) is 0 Å². The van der Waals surface area contributed by atoms with Crippen molar-refractivity contribution in [3.8, 4) is 0 Å². The van der Waals surface area contributed by atoms with Crippen LogP contribution in [-0.4, -0.2) is 65.5 Å². The van der Waals surface area contributed by atoms with E-state index in [0.29, 0.717) is 22.6 Å². The fourth-order valence-corrected chi connectivity index (χ4v) is 6.57. The number of anilines is 4. The highest BCUT2D eigenvalue weighted by atomic mass is 35.5. The first-order valence-corrected chi connectivity index (χ1v) is 15.4. The first-order chi connectivity index (χ1) is 19.9. The van der Waals surface area contributed by atoms with E-state index < -0.39 is 10.0 Å². The maximum absolute atomic E-state index is 13.7. The largest absolute Gasteiger partial charge is 0.365 e. The third-order valence-electron chi connectivity index (χ3n) is 7.49. The van der Waals surface area contributed by atoms with Gasteiger partial charge < -0.3 is 26.2 Å². The molecule has 0 saturated carbocycles. The zero-order valence-corrected chi connectivity index (χ0v) is 25.0. The van der Waals surface area contributed by atoms with Gasteiger partial charge in [0.05, 0.1) is 10.3 Å². The zero-order chi connectivity index (χ0) is 28.4. The molecule has 2 saturated heterocycles. The number of fused-ring (bicyclic) bond motifs is 1. The molecule has 6 rings (SSSR count). The smallest absolute Gasteiger partial charge is 0.321 e. The van der Waals surface area contributed by atoms with Gasteiger partial charge >= 0.3 is 6.03 Å². The normalized spacial score (nSPS) is 17.1. The molecule has 0 spiro atoms. The third kappa shape index (κ3) is 6.30. The van der Waals surface area contributed by atoms with Crippen LogP contribution in [0, 0.1) is 6.92 Å². The summed E-state index contributed by atoms with van der Waals surface area (Å²) >= 11 is 0. The molecule has 11 nitrogen and oxygen atoms in total. The number of urea groups is 1. The van der Waals surface area contributed by atoms with Gasteiger partial charge in [-0.25, -0.2) is 17.2 Å². The van der Waals surface area contributed by atoms with E-state index in [1.807, 2.05) is 31.2 Å². The van der Waals surface area contributed by atoms with Gasteiger partial charge in [0.15, 0.2) is 5.65 Å². The predicted octanol–water partition coefficient (Wildman–Crippen LogP) is 4.93. The number of carbonyl (C=O) groups excluding carboxylic acids is 1. The molecule has 0 unspecified atom stereocenters. The molecule has 1 atom stereocenters. The van der Waals surface area contributed by atoms with E-state index >= 15 is 0 Å². The highest BCUT2D eigenvalue weighted by Gasteiger charge is 2.24. The Balaban J connectivity index is 0.00000353. The number of halogens is 1. The summed E-state index contributed by atoms with van der Waals surface area (Å²) in [6.07, 6.45) is 5.57. The number of piperidine rings is 1. The SMILES string of the molecule is Cc1ccc(S(=O)(=O)n2ccc3c(N[C@@H]4CCCNC4)nc(Nc4cccc(NC(=O)N5CCCC5)c4)nc32)cc1.Cl. The van der Waals surface area contributed by atoms with Gasteiger partial charge in [0, 0.05) is 43.2 Å². The maximum atomic E-state index is 13.7. The molecule has 2 fully saturated rings. The number of likely N-dealkylation sites (tertiary alicyclic amines) is 1. The van der Waals surface area contributed by atoms with E-state index in [4.69, 9.17) is 4.98 Å². The number of nitrogens with zero attached hydrogens (tertiary/aromatic N) is 4. The second kappa shape index (κ2) is 12.6. The van der Waals surface area contributed by atoms with Crippen LogP contribution >= 0.6 is 12.4 Å². The lowest BCUT2D eigenvalue weighted by Crippen LogP contribution is -2.38. The maximum Gasteiger partial charge on any atom is 0.321 e. The number of hydrogen-bond acceptors (Lipinski definition) is 8. The molecule has 4 aromatic rings. The highest BCUT2D eigenvalue weighted by Crippen LogP contribution is 2.29. The number of carbonyl (C=O) groups is 1. The number of hydrogen-bond donors (Lipinski definition) is 4. The Hall–Kier alpha value is -3.87. The van der Waals surface area contributed by atoms with Crippen molar-refractivity contribution in [1.82, 2.24) is 24.2 Å². The van der Waals surface area contributed by atoms with Crippen molar-refractivity contribution in [3.05, 3.63) is 66.4 Å². The summed E-state index contributed by atoms with van der Waals surface area (Å²) in [4.78, 5) is 24.0. The summed E-state index contributed by atoms with van der Waals surface area (Å²) in [7, 11) is -3.90. The molecule has 13 heteroatoms. The first kappa shape index (κ1) is 29.6. The van der Waals surface area contributed by atoms with Gasteiger partial charge in [-0.2, -0.15) is 9.97 Å². The molecule has 2 aliphatic heterocycles. The number of aromatic nitrogens is 3. The van der Waals surface area contributed by atoms with Crippen molar-refractivity contribution in [3.63, 3.8) is 0 Å². The van der Waals surface area contributed by atoms with Gasteiger partial charge in [-0.15, -0.1) is 12.4 Å². The predicted molar refractivity (Wildman–Crippen MR) is 168 cm³/mol. The number of rotatable bonds is 7. The van der Waals surface area contributed by atoms with Crippen LogP contribution in [0.4, 0.5) is 27.9 Å². The van der Waals surface area contributed by atoms with Crippen LogP contribution in [0.3, 0.4) is 0 Å². The molecule has 0 bridgehead atoms. The van der Waals surface area contributed by atoms with Crippen molar-refractivity contribution in [2.45, 2.75) is 43.5 Å². The number of nitrogens with one attached hydrogen (secondary N) is 4. The minimum Gasteiger partial charge on any atom is -0.365 e.